The van der Waals surface area contributed by atoms with Crippen molar-refractivity contribution < 1.29 is 14.1 Å². The highest BCUT2D eigenvalue weighted by molar-refractivity contribution is 6.04. The van der Waals surface area contributed by atoms with Gasteiger partial charge in [0, 0.05) is 25.4 Å². The Labute approximate surface area is 117 Å². The molecule has 0 unspecified atom stereocenters. The zero-order chi connectivity index (χ0) is 15.6. The van der Waals surface area contributed by atoms with Gasteiger partial charge in [0.1, 0.15) is 17.4 Å². The van der Waals surface area contributed by atoms with Crippen molar-refractivity contribution in [3.63, 3.8) is 0 Å². The Morgan fingerprint density at radius 3 is 2.90 bits per heavy atom. The first kappa shape index (κ1) is 14.1. The zero-order valence-corrected chi connectivity index (χ0v) is 10.7. The van der Waals surface area contributed by atoms with Gasteiger partial charge in [0.2, 0.25) is 0 Å². The minimum absolute atomic E-state index is 0.0455. The molecular weight excluding hydrogens is 281 g/mol. The van der Waals surface area contributed by atoms with E-state index in [2.05, 4.69) is 10.4 Å². The fourth-order valence-corrected chi connectivity index (χ4v) is 1.64. The van der Waals surface area contributed by atoms with Crippen LogP contribution in [-0.2, 0) is 7.05 Å². The Kier molecular flexibility index (Phi) is 3.62. The summed E-state index contributed by atoms with van der Waals surface area (Å²) >= 11 is 0. The van der Waals surface area contributed by atoms with Crippen LogP contribution in [0.5, 0.6) is 0 Å². The van der Waals surface area contributed by atoms with Crippen LogP contribution in [0.1, 0.15) is 15.9 Å². The van der Waals surface area contributed by atoms with Gasteiger partial charge in [-0.25, -0.2) is 4.39 Å². The molecule has 1 aromatic heterocycles. The first-order valence-corrected chi connectivity index (χ1v) is 5.61. The number of amides is 1. The quantitative estimate of drug-likeness (QED) is 0.680. The number of aryl methyl sites for hydroxylation is 1. The van der Waals surface area contributed by atoms with Gasteiger partial charge in [-0.05, 0) is 6.07 Å². The second kappa shape index (κ2) is 5.38. The molecule has 2 rings (SSSR count). The third-order valence-corrected chi connectivity index (χ3v) is 2.59. The number of nitro groups is 1. The normalized spacial score (nSPS) is 9.95. The number of hydrogen-bond donors (Lipinski definition) is 1. The van der Waals surface area contributed by atoms with Crippen molar-refractivity contribution in [3.05, 3.63) is 51.5 Å². The van der Waals surface area contributed by atoms with Gasteiger partial charge in [-0.1, -0.05) is 0 Å². The highest BCUT2D eigenvalue weighted by Gasteiger charge is 2.19. The number of nitrogens with one attached hydrogen (secondary N) is 1. The molecule has 0 aliphatic heterocycles. The summed E-state index contributed by atoms with van der Waals surface area (Å²) < 4.78 is 14.9. The number of nitro benzene ring substituents is 1. The van der Waals surface area contributed by atoms with E-state index in [0.29, 0.717) is 0 Å². The molecule has 1 heterocycles. The van der Waals surface area contributed by atoms with Gasteiger partial charge in [-0.2, -0.15) is 10.4 Å². The Balaban J connectivity index is 2.34. The highest BCUT2D eigenvalue weighted by Crippen LogP contribution is 2.19. The number of nitrogens with zero attached hydrogens (tertiary/aromatic N) is 4. The predicted octanol–water partition coefficient (Wildman–Crippen LogP) is 1.59. The van der Waals surface area contributed by atoms with E-state index in [-0.39, 0.29) is 11.4 Å². The number of halogens is 1. The van der Waals surface area contributed by atoms with E-state index in [4.69, 9.17) is 5.26 Å². The van der Waals surface area contributed by atoms with E-state index in [0.717, 1.165) is 18.2 Å². The van der Waals surface area contributed by atoms with E-state index >= 15 is 0 Å². The van der Waals surface area contributed by atoms with Crippen molar-refractivity contribution in [3.8, 4) is 6.07 Å². The maximum Gasteiger partial charge on any atom is 0.270 e. The summed E-state index contributed by atoms with van der Waals surface area (Å²) in [4.78, 5) is 21.9. The summed E-state index contributed by atoms with van der Waals surface area (Å²) in [5.41, 5.74) is -0.821. The molecule has 1 amide bonds. The van der Waals surface area contributed by atoms with Crippen LogP contribution >= 0.6 is 0 Å². The molecule has 106 valence electrons. The highest BCUT2D eigenvalue weighted by atomic mass is 19.1. The van der Waals surface area contributed by atoms with Crippen LogP contribution in [0.15, 0.2) is 24.4 Å². The number of rotatable bonds is 3. The van der Waals surface area contributed by atoms with Crippen molar-refractivity contribution in [1.82, 2.24) is 9.78 Å². The number of anilines is 1. The first-order chi connectivity index (χ1) is 9.92. The fourth-order valence-electron chi connectivity index (χ4n) is 1.64. The number of nitriles is 1. The molecular formula is C12H8FN5O3. The molecule has 0 spiro atoms. The Morgan fingerprint density at radius 2 is 2.29 bits per heavy atom. The van der Waals surface area contributed by atoms with Crippen LogP contribution < -0.4 is 5.32 Å². The Bertz CT molecular complexity index is 778. The smallest absolute Gasteiger partial charge is 0.270 e. The van der Waals surface area contributed by atoms with Crippen LogP contribution in [-0.4, -0.2) is 20.6 Å². The number of carbonyl (C=O) groups excluding carboxylic acids is 1. The summed E-state index contributed by atoms with van der Waals surface area (Å²) in [6, 6.07) is 4.42. The van der Waals surface area contributed by atoms with Crippen molar-refractivity contribution in [1.29, 1.82) is 5.26 Å². The van der Waals surface area contributed by atoms with E-state index in [1.807, 2.05) is 6.07 Å². The largest absolute Gasteiger partial charge is 0.304 e. The number of hydrogen-bond acceptors (Lipinski definition) is 5. The third-order valence-electron chi connectivity index (χ3n) is 2.59. The molecule has 2 aromatic rings. The molecule has 0 saturated carbocycles. The summed E-state index contributed by atoms with van der Waals surface area (Å²) in [6.07, 6.45) is 1.37. The van der Waals surface area contributed by atoms with Crippen molar-refractivity contribution in [2.75, 3.05) is 5.32 Å². The molecule has 0 bridgehead atoms. The standard InChI is InChI=1S/C12H8FN5O3/c1-17-6-7(5-14)11(16-17)15-12(19)9-4-8(18(20)21)2-3-10(9)13/h2-4,6H,1H3,(H,15,16,19). The average molecular weight is 289 g/mol. The van der Waals surface area contributed by atoms with Crippen LogP contribution in [0, 0.1) is 27.3 Å². The number of non-ortho nitro benzene ring substituents is 1. The van der Waals surface area contributed by atoms with E-state index in [1.165, 1.54) is 10.9 Å². The lowest BCUT2D eigenvalue weighted by Gasteiger charge is -2.04. The predicted molar refractivity (Wildman–Crippen MR) is 68.9 cm³/mol. The van der Waals surface area contributed by atoms with Crippen molar-refractivity contribution >= 4 is 17.4 Å². The topological polar surface area (TPSA) is 114 Å². The molecule has 0 radical (unpaired) electrons. The Morgan fingerprint density at radius 1 is 1.57 bits per heavy atom. The lowest BCUT2D eigenvalue weighted by molar-refractivity contribution is -0.384. The van der Waals surface area contributed by atoms with Crippen LogP contribution in [0.25, 0.3) is 0 Å². The monoisotopic (exact) mass is 289 g/mol. The van der Waals surface area contributed by atoms with Crippen LogP contribution in [0.4, 0.5) is 15.9 Å². The summed E-state index contributed by atoms with van der Waals surface area (Å²) in [7, 11) is 1.55. The van der Waals surface area contributed by atoms with Crippen molar-refractivity contribution in [2.24, 2.45) is 7.05 Å². The Hall–Kier alpha value is -3.28. The van der Waals surface area contributed by atoms with Gasteiger partial charge in [0.25, 0.3) is 11.6 Å². The average Bonchev–Trinajstić information content (AvgIpc) is 2.78. The fraction of sp³-hybridized carbons (Fsp3) is 0.0833. The summed E-state index contributed by atoms with van der Waals surface area (Å²) in [5, 5.41) is 25.6. The first-order valence-electron chi connectivity index (χ1n) is 5.61. The molecule has 21 heavy (non-hydrogen) atoms. The minimum Gasteiger partial charge on any atom is -0.304 e. The second-order valence-electron chi connectivity index (χ2n) is 4.05. The molecule has 0 saturated heterocycles. The van der Waals surface area contributed by atoms with Gasteiger partial charge in [0.15, 0.2) is 5.82 Å². The maximum absolute atomic E-state index is 13.6. The summed E-state index contributed by atoms with van der Waals surface area (Å²) in [5.74, 6) is -1.88. The number of carbonyl (C=O) groups is 1. The van der Waals surface area contributed by atoms with Crippen LogP contribution in [0.2, 0.25) is 0 Å². The molecule has 1 aromatic carbocycles. The van der Waals surface area contributed by atoms with Gasteiger partial charge in [-0.3, -0.25) is 19.6 Å². The van der Waals surface area contributed by atoms with Gasteiger partial charge >= 0.3 is 0 Å². The molecule has 1 N–H and O–H groups in total. The van der Waals surface area contributed by atoms with Crippen molar-refractivity contribution in [2.45, 2.75) is 0 Å². The lowest BCUT2D eigenvalue weighted by Crippen LogP contribution is -2.15. The third kappa shape index (κ3) is 2.84. The zero-order valence-electron chi connectivity index (χ0n) is 10.7. The number of aromatic nitrogens is 2. The molecule has 0 fully saturated rings. The SMILES string of the molecule is Cn1cc(C#N)c(NC(=O)c2cc([N+](=O)[O-])ccc2F)n1. The molecule has 0 aliphatic rings. The van der Waals surface area contributed by atoms with Gasteiger partial charge in [0.05, 0.1) is 10.5 Å². The lowest BCUT2D eigenvalue weighted by atomic mass is 10.1. The molecule has 8 nitrogen and oxygen atoms in total. The van der Waals surface area contributed by atoms with Gasteiger partial charge in [-0.15, -0.1) is 0 Å². The van der Waals surface area contributed by atoms with Crippen LogP contribution in [0.3, 0.4) is 0 Å². The van der Waals surface area contributed by atoms with E-state index in [9.17, 15) is 19.3 Å². The second-order valence-corrected chi connectivity index (χ2v) is 4.05. The molecule has 9 heteroatoms. The van der Waals surface area contributed by atoms with E-state index < -0.39 is 27.9 Å². The number of benzene rings is 1. The summed E-state index contributed by atoms with van der Waals surface area (Å²) in [6.45, 7) is 0. The molecule has 0 aliphatic carbocycles. The maximum atomic E-state index is 13.6. The van der Waals surface area contributed by atoms with Gasteiger partial charge < -0.3 is 5.32 Å². The molecule has 0 atom stereocenters. The minimum atomic E-state index is -0.925. The van der Waals surface area contributed by atoms with E-state index in [1.54, 1.807) is 7.05 Å².